The molecule has 2 rings (SSSR count). The van der Waals surface area contributed by atoms with Crippen molar-refractivity contribution in [2.24, 2.45) is 5.92 Å². The van der Waals surface area contributed by atoms with E-state index in [1.165, 1.54) is 6.42 Å². The van der Waals surface area contributed by atoms with Crippen LogP contribution in [0.1, 0.15) is 32.1 Å². The van der Waals surface area contributed by atoms with Crippen LogP contribution in [0.5, 0.6) is 0 Å². The zero-order chi connectivity index (χ0) is 9.10. The molecule has 1 heterocycles. The van der Waals surface area contributed by atoms with Crippen LogP contribution in [0.4, 0.5) is 4.39 Å². The lowest BCUT2D eigenvalue weighted by Gasteiger charge is -2.35. The maximum atomic E-state index is 12.9. The van der Waals surface area contributed by atoms with Crippen LogP contribution in [0.25, 0.3) is 0 Å². The van der Waals surface area contributed by atoms with Gasteiger partial charge >= 0.3 is 0 Å². The maximum Gasteiger partial charge on any atom is 0.100 e. The second-order valence-electron chi connectivity index (χ2n) is 4.25. The Kier molecular flexibility index (Phi) is 3.17. The van der Waals surface area contributed by atoms with Crippen LogP contribution >= 0.6 is 0 Å². The van der Waals surface area contributed by atoms with Gasteiger partial charge in [-0.05, 0) is 51.1 Å². The monoisotopic (exact) mass is 186 g/mol. The van der Waals surface area contributed by atoms with Crippen molar-refractivity contribution in [3.05, 3.63) is 0 Å². The lowest BCUT2D eigenvalue weighted by atomic mass is 9.85. The molecule has 0 unspecified atom stereocenters. The third kappa shape index (κ3) is 2.41. The molecule has 0 bridgehead atoms. The van der Waals surface area contributed by atoms with Gasteiger partial charge in [-0.15, -0.1) is 0 Å². The summed E-state index contributed by atoms with van der Waals surface area (Å²) in [4.78, 5) is 0. The third-order valence-corrected chi connectivity index (χ3v) is 3.25. The highest BCUT2D eigenvalue weighted by Crippen LogP contribution is 2.28. The highest BCUT2D eigenvalue weighted by molar-refractivity contribution is 4.82. The summed E-state index contributed by atoms with van der Waals surface area (Å²) in [6, 6.07) is 0. The van der Waals surface area contributed by atoms with Gasteiger partial charge < -0.3 is 10.6 Å². The Morgan fingerprint density at radius 3 is 2.15 bits per heavy atom. The van der Waals surface area contributed by atoms with E-state index in [0.717, 1.165) is 38.8 Å². The van der Waals surface area contributed by atoms with Crippen molar-refractivity contribution in [1.82, 2.24) is 10.6 Å². The van der Waals surface area contributed by atoms with Crippen LogP contribution in [0.2, 0.25) is 0 Å². The van der Waals surface area contributed by atoms with Crippen molar-refractivity contribution in [2.45, 2.75) is 44.4 Å². The predicted octanol–water partition coefficient (Wildman–Crippen LogP) is 1.42. The SMILES string of the molecule is FC1CCC(C2NCCCN2)CC1. The topological polar surface area (TPSA) is 24.1 Å². The van der Waals surface area contributed by atoms with E-state index >= 15 is 0 Å². The lowest BCUT2D eigenvalue weighted by molar-refractivity contribution is 0.155. The fourth-order valence-corrected chi connectivity index (χ4v) is 2.42. The molecule has 0 aromatic carbocycles. The van der Waals surface area contributed by atoms with Crippen molar-refractivity contribution < 1.29 is 4.39 Å². The van der Waals surface area contributed by atoms with Gasteiger partial charge in [0.25, 0.3) is 0 Å². The van der Waals surface area contributed by atoms with Crippen LogP contribution in [-0.4, -0.2) is 25.4 Å². The van der Waals surface area contributed by atoms with E-state index in [2.05, 4.69) is 10.6 Å². The van der Waals surface area contributed by atoms with Crippen LogP contribution in [-0.2, 0) is 0 Å². The number of alkyl halides is 1. The number of rotatable bonds is 1. The second-order valence-corrected chi connectivity index (χ2v) is 4.25. The first-order valence-corrected chi connectivity index (χ1v) is 5.47. The van der Waals surface area contributed by atoms with E-state index < -0.39 is 6.17 Å². The van der Waals surface area contributed by atoms with Gasteiger partial charge in [-0.3, -0.25) is 0 Å². The summed E-state index contributed by atoms with van der Waals surface area (Å²) in [5.74, 6) is 0.660. The molecular formula is C10H19FN2. The van der Waals surface area contributed by atoms with Gasteiger partial charge in [0.15, 0.2) is 0 Å². The number of nitrogens with one attached hydrogen (secondary N) is 2. The summed E-state index contributed by atoms with van der Waals surface area (Å²) >= 11 is 0. The Labute approximate surface area is 79.3 Å². The molecule has 76 valence electrons. The average Bonchev–Trinajstić information content (AvgIpc) is 2.20. The van der Waals surface area contributed by atoms with Crippen molar-refractivity contribution in [1.29, 1.82) is 0 Å². The molecule has 0 aromatic heterocycles. The van der Waals surface area contributed by atoms with Gasteiger partial charge in [-0.1, -0.05) is 0 Å². The third-order valence-electron chi connectivity index (χ3n) is 3.25. The molecule has 2 aliphatic rings. The minimum atomic E-state index is -0.528. The summed E-state index contributed by atoms with van der Waals surface area (Å²) in [7, 11) is 0. The summed E-state index contributed by atoms with van der Waals surface area (Å²) in [6.45, 7) is 2.24. The maximum absolute atomic E-state index is 12.9. The van der Waals surface area contributed by atoms with Gasteiger partial charge in [-0.2, -0.15) is 0 Å². The minimum Gasteiger partial charge on any atom is -0.302 e. The standard InChI is InChI=1S/C10H19FN2/c11-9-4-2-8(3-5-9)10-12-6-1-7-13-10/h8-10,12-13H,1-7H2. The van der Waals surface area contributed by atoms with E-state index in [9.17, 15) is 4.39 Å². The number of halogens is 1. The van der Waals surface area contributed by atoms with Gasteiger partial charge in [0.05, 0.1) is 6.17 Å². The zero-order valence-electron chi connectivity index (χ0n) is 8.06. The highest BCUT2D eigenvalue weighted by Gasteiger charge is 2.27. The second kappa shape index (κ2) is 4.38. The Bertz CT molecular complexity index is 149. The quantitative estimate of drug-likeness (QED) is 0.647. The molecule has 0 atom stereocenters. The first-order chi connectivity index (χ1) is 6.36. The van der Waals surface area contributed by atoms with Gasteiger partial charge in [0, 0.05) is 0 Å². The summed E-state index contributed by atoms with van der Waals surface area (Å²) in [6.07, 6.45) is 4.78. The Morgan fingerprint density at radius 2 is 1.54 bits per heavy atom. The Hall–Kier alpha value is -0.150. The Morgan fingerprint density at radius 1 is 0.923 bits per heavy atom. The molecule has 2 nitrogen and oxygen atoms in total. The fourth-order valence-electron chi connectivity index (χ4n) is 2.42. The van der Waals surface area contributed by atoms with Crippen molar-refractivity contribution in [3.8, 4) is 0 Å². The predicted molar refractivity (Wildman–Crippen MR) is 51.3 cm³/mol. The molecule has 13 heavy (non-hydrogen) atoms. The summed E-state index contributed by atoms with van der Waals surface area (Å²) < 4.78 is 12.9. The van der Waals surface area contributed by atoms with Gasteiger partial charge in [0.2, 0.25) is 0 Å². The van der Waals surface area contributed by atoms with Crippen LogP contribution in [0.15, 0.2) is 0 Å². The first-order valence-electron chi connectivity index (χ1n) is 5.47. The van der Waals surface area contributed by atoms with E-state index in [1.54, 1.807) is 0 Å². The molecule has 1 aliphatic heterocycles. The molecule has 0 spiro atoms. The Balaban J connectivity index is 1.79. The smallest absolute Gasteiger partial charge is 0.100 e. The lowest BCUT2D eigenvalue weighted by Crippen LogP contribution is -2.53. The zero-order valence-corrected chi connectivity index (χ0v) is 8.06. The molecule has 0 radical (unpaired) electrons. The molecular weight excluding hydrogens is 167 g/mol. The van der Waals surface area contributed by atoms with E-state index in [0.29, 0.717) is 12.1 Å². The number of hydrogen-bond acceptors (Lipinski definition) is 2. The van der Waals surface area contributed by atoms with Crippen LogP contribution in [0, 0.1) is 5.92 Å². The van der Waals surface area contributed by atoms with Gasteiger partial charge in [-0.25, -0.2) is 4.39 Å². The van der Waals surface area contributed by atoms with E-state index in [1.807, 2.05) is 0 Å². The molecule has 2 N–H and O–H groups in total. The molecule has 1 saturated carbocycles. The molecule has 2 fully saturated rings. The van der Waals surface area contributed by atoms with E-state index in [4.69, 9.17) is 0 Å². The fraction of sp³-hybridized carbons (Fsp3) is 1.00. The number of hydrogen-bond donors (Lipinski definition) is 2. The summed E-state index contributed by atoms with van der Waals surface area (Å²) in [5.41, 5.74) is 0. The molecule has 0 amide bonds. The van der Waals surface area contributed by atoms with Gasteiger partial charge in [0.1, 0.15) is 6.17 Å². The first kappa shape index (κ1) is 9.41. The van der Waals surface area contributed by atoms with E-state index in [-0.39, 0.29) is 0 Å². The average molecular weight is 186 g/mol. The normalized spacial score (nSPS) is 37.6. The molecule has 3 heteroatoms. The minimum absolute atomic E-state index is 0.459. The highest BCUT2D eigenvalue weighted by atomic mass is 19.1. The summed E-state index contributed by atoms with van der Waals surface area (Å²) in [5, 5.41) is 6.94. The van der Waals surface area contributed by atoms with Crippen LogP contribution in [0.3, 0.4) is 0 Å². The van der Waals surface area contributed by atoms with Crippen molar-refractivity contribution in [3.63, 3.8) is 0 Å². The largest absolute Gasteiger partial charge is 0.302 e. The molecule has 1 aliphatic carbocycles. The molecule has 0 aromatic rings. The molecule has 1 saturated heterocycles. The van der Waals surface area contributed by atoms with Crippen molar-refractivity contribution in [2.75, 3.05) is 13.1 Å². The van der Waals surface area contributed by atoms with Crippen molar-refractivity contribution >= 4 is 0 Å². The van der Waals surface area contributed by atoms with Crippen LogP contribution < -0.4 is 10.6 Å².